The third-order valence-corrected chi connectivity index (χ3v) is 7.46. The van der Waals surface area contributed by atoms with Gasteiger partial charge in [-0.15, -0.1) is 0 Å². The average Bonchev–Trinajstić information content (AvgIpc) is 2.94. The Bertz CT molecular complexity index is 746. The number of rotatable bonds is 7. The molecule has 0 atom stereocenters. The Morgan fingerprint density at radius 1 is 0.783 bits per heavy atom. The van der Waals surface area contributed by atoms with E-state index in [-0.39, 0.29) is 19.4 Å². The van der Waals surface area contributed by atoms with Gasteiger partial charge in [0.2, 0.25) is 0 Å². The van der Waals surface area contributed by atoms with Crippen LogP contribution in [0.15, 0.2) is 42.5 Å². The average molecular weight is 348 g/mol. The molecule has 116 valence electrons. The van der Waals surface area contributed by atoms with Gasteiger partial charge in [-0.2, -0.15) is 0 Å². The molecule has 23 heavy (non-hydrogen) atoms. The zero-order valence-corrected chi connectivity index (χ0v) is 13.5. The van der Waals surface area contributed by atoms with E-state index in [1.807, 2.05) is 30.3 Å². The van der Waals surface area contributed by atoms with Crippen LogP contribution in [0.3, 0.4) is 0 Å². The van der Waals surface area contributed by atoms with Crippen molar-refractivity contribution in [1.82, 2.24) is 0 Å². The Balaban J connectivity index is 2.18. The quantitative estimate of drug-likeness (QED) is 0.473. The van der Waals surface area contributed by atoms with Crippen molar-refractivity contribution in [3.05, 3.63) is 53.6 Å². The number of carbonyl (C=O) groups excluding carboxylic acids is 3. The predicted molar refractivity (Wildman–Crippen MR) is 75.8 cm³/mol. The summed E-state index contributed by atoms with van der Waals surface area (Å²) in [6, 6.07) is 13.2. The van der Waals surface area contributed by atoms with Gasteiger partial charge < -0.3 is 0 Å². The summed E-state index contributed by atoms with van der Waals surface area (Å²) < 4.78 is 15.5. The first-order valence-corrected chi connectivity index (χ1v) is 9.50. The monoisotopic (exact) mass is 348 g/mol. The van der Waals surface area contributed by atoms with Gasteiger partial charge >= 0.3 is 137 Å². The maximum absolute atomic E-state index is 10.9. The number of hydrogen-bond acceptors (Lipinski definition) is 6. The van der Waals surface area contributed by atoms with Crippen LogP contribution >= 0.6 is 0 Å². The minimum absolute atomic E-state index is 0.147. The topological polar surface area (TPSA) is 78.9 Å². The maximum atomic E-state index is 10.9. The van der Waals surface area contributed by atoms with Crippen LogP contribution in [0.5, 0.6) is 0 Å². The number of benzene rings is 2. The molecule has 0 N–H and O–H groups in total. The molecule has 0 radical (unpaired) electrons. The van der Waals surface area contributed by atoms with Gasteiger partial charge in [0.25, 0.3) is 0 Å². The van der Waals surface area contributed by atoms with Crippen LogP contribution in [0.1, 0.15) is 11.1 Å². The van der Waals surface area contributed by atoms with Crippen LogP contribution in [0.25, 0.3) is 11.1 Å². The second kappa shape index (κ2) is 6.36. The van der Waals surface area contributed by atoms with E-state index < -0.39 is 17.8 Å². The molecular weight excluding hydrogens is 336 g/mol. The second-order valence-electron chi connectivity index (χ2n) is 4.86. The molecule has 0 bridgehead atoms. The Morgan fingerprint density at radius 3 is 2.04 bits per heavy atom. The number of carbonyl (C=O) groups is 3. The molecule has 0 fully saturated rings. The Hall–Kier alpha value is -2.44. The van der Waals surface area contributed by atoms with Gasteiger partial charge in [0, 0.05) is 0 Å². The van der Waals surface area contributed by atoms with Gasteiger partial charge in [-0.1, -0.05) is 0 Å². The first-order chi connectivity index (χ1) is 11.3. The van der Waals surface area contributed by atoms with Crippen molar-refractivity contribution in [3.63, 3.8) is 0 Å². The van der Waals surface area contributed by atoms with E-state index in [4.69, 9.17) is 9.96 Å². The van der Waals surface area contributed by atoms with Crippen LogP contribution in [-0.4, -0.2) is 19.4 Å². The van der Waals surface area contributed by atoms with E-state index in [1.165, 1.54) is 0 Å². The number of fused-ring (bicyclic) bond motifs is 3. The van der Waals surface area contributed by atoms with Crippen molar-refractivity contribution in [1.29, 1.82) is 0 Å². The summed E-state index contributed by atoms with van der Waals surface area (Å²) in [6.07, 6.45) is 0.585. The van der Waals surface area contributed by atoms with Crippen molar-refractivity contribution in [2.75, 3.05) is 0 Å². The third kappa shape index (κ3) is 2.56. The van der Waals surface area contributed by atoms with Crippen molar-refractivity contribution in [2.45, 2.75) is 6.42 Å². The zero-order valence-electron chi connectivity index (χ0n) is 11.9. The Labute approximate surface area is 136 Å². The molecule has 0 saturated carbocycles. The van der Waals surface area contributed by atoms with E-state index in [0.29, 0.717) is 10.3 Å². The summed E-state index contributed by atoms with van der Waals surface area (Å²) in [5.41, 5.74) is 3.96. The molecular formula is C16H12O6Ti. The van der Waals surface area contributed by atoms with Gasteiger partial charge in [0.1, 0.15) is 0 Å². The molecule has 3 rings (SSSR count). The Kier molecular flexibility index (Phi) is 4.27. The molecule has 2 aromatic rings. The molecule has 0 saturated heterocycles. The fourth-order valence-electron chi connectivity index (χ4n) is 2.91. The molecule has 0 spiro atoms. The van der Waals surface area contributed by atoms with Crippen molar-refractivity contribution >= 4 is 23.3 Å². The van der Waals surface area contributed by atoms with Gasteiger partial charge in [0.05, 0.1) is 0 Å². The fraction of sp³-hybridized carbons (Fsp3) is 0.0625. The van der Waals surface area contributed by atoms with Crippen LogP contribution in [0.2, 0.25) is 0 Å². The molecule has 1 aliphatic rings. The molecule has 0 unspecified atom stereocenters. The minimum atomic E-state index is -4.58. The van der Waals surface area contributed by atoms with Gasteiger partial charge in [-0.3, -0.25) is 0 Å². The van der Waals surface area contributed by atoms with Crippen LogP contribution < -0.4 is 3.87 Å². The molecule has 7 heteroatoms. The first-order valence-electron chi connectivity index (χ1n) is 6.81. The van der Waals surface area contributed by atoms with E-state index in [2.05, 4.69) is 0 Å². The Morgan fingerprint density at radius 2 is 1.39 bits per heavy atom. The third-order valence-electron chi connectivity index (χ3n) is 3.79. The molecule has 0 amide bonds. The van der Waals surface area contributed by atoms with E-state index in [1.54, 1.807) is 12.1 Å². The SMILES string of the molecule is O=C[O][Ti]([O]C=O)([O]C=O)[c]1cccc2c1Cc1ccccc1-2. The molecule has 0 aromatic heterocycles. The normalized spacial score (nSPS) is 11.8. The molecule has 0 aliphatic heterocycles. The van der Waals surface area contributed by atoms with Gasteiger partial charge in [-0.05, 0) is 0 Å². The summed E-state index contributed by atoms with van der Waals surface area (Å²) in [5, 5.41) is 0. The van der Waals surface area contributed by atoms with E-state index in [9.17, 15) is 14.4 Å². The second-order valence-corrected chi connectivity index (χ2v) is 8.55. The standard InChI is InChI=1S/C13H9.3CH2O2.Ti/c1-3-7-12-10(5-1)9-11-6-2-4-8-13(11)12;3*2-1-3;/h1-5,7-8H,9H2;3*1H,(H,2,3);/q;;;;+3/p-3. The predicted octanol–water partition coefficient (Wildman–Crippen LogP) is 1.30. The van der Waals surface area contributed by atoms with Crippen molar-refractivity contribution < 1.29 is 42.1 Å². The summed E-state index contributed by atoms with van der Waals surface area (Å²) in [4.78, 5) is 32.7. The molecule has 6 nitrogen and oxygen atoms in total. The van der Waals surface area contributed by atoms with Crippen LogP contribution in [-0.2, 0) is 48.5 Å². The number of hydrogen-bond donors (Lipinski definition) is 0. The van der Waals surface area contributed by atoms with Crippen LogP contribution in [0, 0.1) is 0 Å². The van der Waals surface area contributed by atoms with E-state index in [0.717, 1.165) is 22.3 Å². The molecule has 1 aliphatic carbocycles. The van der Waals surface area contributed by atoms with Gasteiger partial charge in [0.15, 0.2) is 0 Å². The van der Waals surface area contributed by atoms with Crippen molar-refractivity contribution in [3.8, 4) is 11.1 Å². The van der Waals surface area contributed by atoms with Gasteiger partial charge in [-0.25, -0.2) is 0 Å². The summed E-state index contributed by atoms with van der Waals surface area (Å²) in [6.45, 7) is 0.442. The molecule has 0 heterocycles. The summed E-state index contributed by atoms with van der Waals surface area (Å²) in [7, 11) is 0. The summed E-state index contributed by atoms with van der Waals surface area (Å²) in [5.74, 6) is 0. The first kappa shape index (κ1) is 15.5. The fourth-order valence-corrected chi connectivity index (χ4v) is 5.75. The molecule has 2 aromatic carbocycles. The van der Waals surface area contributed by atoms with Crippen molar-refractivity contribution in [2.24, 2.45) is 0 Å². The van der Waals surface area contributed by atoms with E-state index >= 15 is 0 Å². The van der Waals surface area contributed by atoms with Crippen LogP contribution in [0.4, 0.5) is 0 Å². The zero-order chi connectivity index (χ0) is 16.3. The summed E-state index contributed by atoms with van der Waals surface area (Å²) >= 11 is -4.58.